The van der Waals surface area contributed by atoms with Crippen LogP contribution in [0.25, 0.3) is 11.0 Å². The number of aromatic nitrogens is 3. The summed E-state index contributed by atoms with van der Waals surface area (Å²) in [5.41, 5.74) is 10.9. The van der Waals surface area contributed by atoms with Crippen molar-refractivity contribution in [3.8, 4) is 5.75 Å². The van der Waals surface area contributed by atoms with Crippen molar-refractivity contribution in [3.63, 3.8) is 0 Å². The van der Waals surface area contributed by atoms with E-state index in [9.17, 15) is 4.79 Å². The molecule has 0 saturated carbocycles. The van der Waals surface area contributed by atoms with Gasteiger partial charge in [0.1, 0.15) is 17.4 Å². The highest BCUT2D eigenvalue weighted by Crippen LogP contribution is 2.45. The zero-order chi connectivity index (χ0) is 30.5. The van der Waals surface area contributed by atoms with Crippen LogP contribution in [0.15, 0.2) is 42.5 Å². The lowest BCUT2D eigenvalue weighted by Gasteiger charge is -2.34. The molecule has 2 heterocycles. The first kappa shape index (κ1) is 29.4. The molecule has 0 fully saturated rings. The van der Waals surface area contributed by atoms with E-state index in [0.717, 1.165) is 72.4 Å². The SMILES string of the molecule is CC[C@@H]1CN(Cc2cc(C(c3ccc4c(nnn4C)c3C)C(C)(C)C(=O)OC)ccc2C)Cc2ccc3c(c2O1)CCC3. The first-order chi connectivity index (χ1) is 20.6. The van der Waals surface area contributed by atoms with Crippen LogP contribution in [-0.4, -0.2) is 45.6 Å². The molecule has 0 radical (unpaired) electrons. The second-order valence-corrected chi connectivity index (χ2v) is 13.1. The van der Waals surface area contributed by atoms with Crippen molar-refractivity contribution >= 4 is 17.0 Å². The number of hydrogen-bond acceptors (Lipinski definition) is 6. The summed E-state index contributed by atoms with van der Waals surface area (Å²) in [5, 5.41) is 8.70. The molecule has 0 amide bonds. The maximum absolute atomic E-state index is 13.3. The average molecular weight is 581 g/mol. The van der Waals surface area contributed by atoms with Gasteiger partial charge in [-0.3, -0.25) is 9.69 Å². The van der Waals surface area contributed by atoms with Gasteiger partial charge in [-0.15, -0.1) is 5.10 Å². The molecule has 1 unspecified atom stereocenters. The summed E-state index contributed by atoms with van der Waals surface area (Å²) >= 11 is 0. The Kier molecular flexibility index (Phi) is 7.80. The smallest absolute Gasteiger partial charge is 0.312 e. The Hall–Kier alpha value is -3.71. The van der Waals surface area contributed by atoms with Gasteiger partial charge in [-0.1, -0.05) is 48.5 Å². The molecule has 2 aliphatic rings. The van der Waals surface area contributed by atoms with E-state index in [1.54, 1.807) is 4.68 Å². The van der Waals surface area contributed by atoms with Gasteiger partial charge >= 0.3 is 5.97 Å². The number of nitrogens with zero attached hydrogens (tertiary/aromatic N) is 4. The molecule has 0 saturated heterocycles. The molecule has 2 atom stereocenters. The molecule has 4 aromatic rings. The fraction of sp³-hybridized carbons (Fsp3) is 0.472. The third-order valence-corrected chi connectivity index (χ3v) is 9.83. The van der Waals surface area contributed by atoms with Crippen LogP contribution < -0.4 is 4.74 Å². The Morgan fingerprint density at radius 1 is 1.12 bits per heavy atom. The summed E-state index contributed by atoms with van der Waals surface area (Å²) in [6.45, 7) is 13.0. The normalized spacial score (nSPS) is 17.7. The quantitative estimate of drug-likeness (QED) is 0.230. The second kappa shape index (κ2) is 11.4. The van der Waals surface area contributed by atoms with Crippen molar-refractivity contribution in [2.45, 2.75) is 85.4 Å². The molecule has 7 nitrogen and oxygen atoms in total. The maximum Gasteiger partial charge on any atom is 0.312 e. The summed E-state index contributed by atoms with van der Waals surface area (Å²) in [6, 6.07) is 15.5. The third kappa shape index (κ3) is 5.22. The zero-order valence-corrected chi connectivity index (χ0v) is 26.7. The number of carbonyl (C=O) groups is 1. The first-order valence-corrected chi connectivity index (χ1v) is 15.6. The van der Waals surface area contributed by atoms with E-state index in [2.05, 4.69) is 78.4 Å². The molecule has 43 heavy (non-hydrogen) atoms. The Morgan fingerprint density at radius 3 is 2.67 bits per heavy atom. The lowest BCUT2D eigenvalue weighted by atomic mass is 9.69. The van der Waals surface area contributed by atoms with Crippen molar-refractivity contribution < 1.29 is 14.3 Å². The monoisotopic (exact) mass is 580 g/mol. The molecule has 0 bridgehead atoms. The molecule has 1 aliphatic heterocycles. The van der Waals surface area contributed by atoms with Gasteiger partial charge in [-0.2, -0.15) is 0 Å². The molecule has 3 aromatic carbocycles. The van der Waals surface area contributed by atoms with Gasteiger partial charge in [0.25, 0.3) is 0 Å². The van der Waals surface area contributed by atoms with Crippen LogP contribution >= 0.6 is 0 Å². The average Bonchev–Trinajstić information content (AvgIpc) is 3.58. The lowest BCUT2D eigenvalue weighted by molar-refractivity contribution is -0.151. The number of carbonyl (C=O) groups excluding carboxylic acids is 1. The third-order valence-electron chi connectivity index (χ3n) is 9.83. The van der Waals surface area contributed by atoms with E-state index in [0.29, 0.717) is 0 Å². The molecule has 7 heteroatoms. The number of aryl methyl sites for hydroxylation is 4. The number of benzene rings is 3. The fourth-order valence-corrected chi connectivity index (χ4v) is 7.29. The molecule has 1 aromatic heterocycles. The highest BCUT2D eigenvalue weighted by atomic mass is 16.5. The predicted octanol–water partition coefficient (Wildman–Crippen LogP) is 6.58. The largest absolute Gasteiger partial charge is 0.488 e. The van der Waals surface area contributed by atoms with E-state index in [1.165, 1.54) is 41.3 Å². The molecule has 1 aliphatic carbocycles. The summed E-state index contributed by atoms with van der Waals surface area (Å²) in [5.74, 6) is 0.673. The number of fused-ring (bicyclic) bond motifs is 4. The van der Waals surface area contributed by atoms with Gasteiger partial charge in [-0.25, -0.2) is 4.68 Å². The molecule has 0 N–H and O–H groups in total. The minimum absolute atomic E-state index is 0.157. The van der Waals surface area contributed by atoms with Gasteiger partial charge in [0.15, 0.2) is 0 Å². The Bertz CT molecular complexity index is 1690. The van der Waals surface area contributed by atoms with Crippen LogP contribution in [0.5, 0.6) is 5.75 Å². The number of rotatable bonds is 7. The molecule has 6 rings (SSSR count). The minimum Gasteiger partial charge on any atom is -0.488 e. The number of hydrogen-bond donors (Lipinski definition) is 0. The molecule has 226 valence electrons. The summed E-state index contributed by atoms with van der Waals surface area (Å²) in [4.78, 5) is 15.8. The van der Waals surface area contributed by atoms with Crippen molar-refractivity contribution in [3.05, 3.63) is 87.0 Å². The van der Waals surface area contributed by atoms with Crippen LogP contribution in [0.3, 0.4) is 0 Å². The maximum atomic E-state index is 13.3. The van der Waals surface area contributed by atoms with Crippen molar-refractivity contribution in [2.24, 2.45) is 12.5 Å². The summed E-state index contributed by atoms with van der Waals surface area (Å²) < 4.78 is 13.8. The van der Waals surface area contributed by atoms with Crippen LogP contribution in [-0.2, 0) is 42.5 Å². The Labute approximate surface area is 255 Å². The fourth-order valence-electron chi connectivity index (χ4n) is 7.29. The van der Waals surface area contributed by atoms with Gasteiger partial charge in [0.2, 0.25) is 0 Å². The lowest BCUT2D eigenvalue weighted by Crippen LogP contribution is -2.34. The standard InChI is InChI=1S/C36H44N4O3/c1-8-28-21-40(19-26-15-14-24-10-9-11-30(24)34(26)43-28)20-27-18-25(13-12-22(27)2)32(36(4,5)35(41)42-7)29-16-17-31-33(23(29)3)37-38-39(31)6/h12-18,28,32H,8-11,19-21H2,1-7H3/t28-,32?/m1/s1. The number of esters is 1. The predicted molar refractivity (Wildman–Crippen MR) is 169 cm³/mol. The van der Waals surface area contributed by atoms with Crippen molar-refractivity contribution in [2.75, 3.05) is 13.7 Å². The van der Waals surface area contributed by atoms with Crippen LogP contribution in [0, 0.1) is 19.3 Å². The van der Waals surface area contributed by atoms with Gasteiger partial charge < -0.3 is 9.47 Å². The van der Waals surface area contributed by atoms with E-state index < -0.39 is 5.41 Å². The van der Waals surface area contributed by atoms with Crippen LogP contribution in [0.2, 0.25) is 0 Å². The Morgan fingerprint density at radius 2 is 1.91 bits per heavy atom. The van der Waals surface area contributed by atoms with Crippen molar-refractivity contribution in [1.29, 1.82) is 0 Å². The molecular weight excluding hydrogens is 536 g/mol. The molecule has 0 spiro atoms. The number of methoxy groups -OCH3 is 1. The first-order valence-electron chi connectivity index (χ1n) is 15.6. The summed E-state index contributed by atoms with van der Waals surface area (Å²) in [7, 11) is 3.37. The second-order valence-electron chi connectivity index (χ2n) is 13.1. The summed E-state index contributed by atoms with van der Waals surface area (Å²) in [6.07, 6.45) is 4.62. The van der Waals surface area contributed by atoms with E-state index in [4.69, 9.17) is 9.47 Å². The van der Waals surface area contributed by atoms with Gasteiger partial charge in [0, 0.05) is 38.2 Å². The van der Waals surface area contributed by atoms with Gasteiger partial charge in [-0.05, 0) is 98.4 Å². The highest BCUT2D eigenvalue weighted by Gasteiger charge is 2.41. The van der Waals surface area contributed by atoms with E-state index in [1.807, 2.05) is 20.9 Å². The van der Waals surface area contributed by atoms with Gasteiger partial charge in [0.05, 0.1) is 18.0 Å². The minimum atomic E-state index is -0.814. The van der Waals surface area contributed by atoms with E-state index >= 15 is 0 Å². The molecular formula is C36H44N4O3. The number of ether oxygens (including phenoxy) is 2. The van der Waals surface area contributed by atoms with Crippen molar-refractivity contribution in [1.82, 2.24) is 19.9 Å². The van der Waals surface area contributed by atoms with Crippen LogP contribution in [0.4, 0.5) is 0 Å². The highest BCUT2D eigenvalue weighted by molar-refractivity contribution is 5.82. The Balaban J connectivity index is 1.39. The van der Waals surface area contributed by atoms with Crippen LogP contribution in [0.1, 0.15) is 84.0 Å². The zero-order valence-electron chi connectivity index (χ0n) is 26.7. The van der Waals surface area contributed by atoms with E-state index in [-0.39, 0.29) is 18.0 Å². The topological polar surface area (TPSA) is 69.5 Å².